The van der Waals surface area contributed by atoms with Gasteiger partial charge in [-0.2, -0.15) is 5.10 Å². The van der Waals surface area contributed by atoms with Gasteiger partial charge in [-0.3, -0.25) is 9.89 Å². The Balaban J connectivity index is 1.88. The first-order chi connectivity index (χ1) is 16.3. The topological polar surface area (TPSA) is 89.8 Å². The van der Waals surface area contributed by atoms with Gasteiger partial charge in [0.05, 0.1) is 16.8 Å². The number of pyridine rings is 1. The van der Waals surface area contributed by atoms with Crippen LogP contribution in [0.1, 0.15) is 29.5 Å². The lowest BCUT2D eigenvalue weighted by molar-refractivity contribution is 0.589. The van der Waals surface area contributed by atoms with Crippen molar-refractivity contribution in [2.45, 2.75) is 24.7 Å². The normalized spacial score (nSPS) is 12.8. The summed E-state index contributed by atoms with van der Waals surface area (Å²) in [6.45, 7) is 3.95. The van der Waals surface area contributed by atoms with Crippen molar-refractivity contribution in [3.63, 3.8) is 0 Å². The fraction of sp³-hybridized carbons (Fsp3) is 0.154. The van der Waals surface area contributed by atoms with E-state index in [1.54, 1.807) is 56.0 Å². The molecule has 0 saturated carbocycles. The summed E-state index contributed by atoms with van der Waals surface area (Å²) >= 11 is 0. The molecule has 0 fully saturated rings. The van der Waals surface area contributed by atoms with Crippen LogP contribution in [0.25, 0.3) is 22.2 Å². The number of aromatic amines is 1. The molecule has 0 spiro atoms. The van der Waals surface area contributed by atoms with E-state index < -0.39 is 10.0 Å². The average Bonchev–Trinajstić information content (AvgIpc) is 3.50. The molecular weight excluding hydrogens is 448 g/mol. The lowest BCUT2D eigenvalue weighted by Crippen LogP contribution is -2.24. The third-order valence-corrected chi connectivity index (χ3v) is 7.97. The first-order valence-electron chi connectivity index (χ1n) is 10.9. The van der Waals surface area contributed by atoms with Gasteiger partial charge in [-0.25, -0.2) is 12.4 Å². The quantitative estimate of drug-likeness (QED) is 0.410. The molecule has 5 aromatic rings. The zero-order valence-electron chi connectivity index (χ0n) is 19.1. The number of benzene rings is 2. The molecule has 0 bridgehead atoms. The van der Waals surface area contributed by atoms with E-state index in [-0.39, 0.29) is 21.9 Å². The molecule has 0 radical (unpaired) electrons. The minimum absolute atomic E-state index is 0.0642. The van der Waals surface area contributed by atoms with Crippen LogP contribution in [0.5, 0.6) is 0 Å². The van der Waals surface area contributed by atoms with Gasteiger partial charge in [0.1, 0.15) is 5.52 Å². The van der Waals surface area contributed by atoms with Crippen LogP contribution in [0, 0.1) is 6.92 Å². The molecule has 0 aliphatic carbocycles. The number of hydrogen-bond acceptors (Lipinski definition) is 4. The smallest absolute Gasteiger partial charge is 0.275 e. The van der Waals surface area contributed by atoms with Crippen molar-refractivity contribution in [1.29, 1.82) is 0 Å². The van der Waals surface area contributed by atoms with Crippen molar-refractivity contribution in [2.75, 3.05) is 0 Å². The lowest BCUT2D eigenvalue weighted by Gasteiger charge is -2.16. The van der Waals surface area contributed by atoms with Gasteiger partial charge in [0.25, 0.3) is 15.6 Å². The van der Waals surface area contributed by atoms with Crippen molar-refractivity contribution in [2.24, 2.45) is 7.05 Å². The Morgan fingerprint density at radius 1 is 1.03 bits per heavy atom. The first-order valence-corrected chi connectivity index (χ1v) is 12.3. The molecule has 2 aromatic carbocycles. The SMILES string of the molecule is Cc1ccc(S(=O)(=O)n2c(-c3cn[nH]c3)cc3c(C(C)c4ccccc4)cn(C)c(=O)c32)cc1. The van der Waals surface area contributed by atoms with Crippen LogP contribution in [0.2, 0.25) is 0 Å². The van der Waals surface area contributed by atoms with Gasteiger partial charge in [0.15, 0.2) is 0 Å². The highest BCUT2D eigenvalue weighted by molar-refractivity contribution is 7.90. The highest BCUT2D eigenvalue weighted by Crippen LogP contribution is 2.36. The second-order valence-corrected chi connectivity index (χ2v) is 10.3. The van der Waals surface area contributed by atoms with Crippen LogP contribution in [0.4, 0.5) is 0 Å². The highest BCUT2D eigenvalue weighted by atomic mass is 32.2. The molecule has 0 saturated heterocycles. The molecule has 7 nitrogen and oxygen atoms in total. The second kappa shape index (κ2) is 8.14. The summed E-state index contributed by atoms with van der Waals surface area (Å²) in [6.07, 6.45) is 4.98. The minimum Gasteiger partial charge on any atom is -0.316 e. The van der Waals surface area contributed by atoms with E-state index in [2.05, 4.69) is 17.1 Å². The fourth-order valence-electron chi connectivity index (χ4n) is 4.34. The number of H-pyrrole nitrogens is 1. The predicted octanol–water partition coefficient (Wildman–Crippen LogP) is 4.43. The number of aryl methyl sites for hydroxylation is 2. The summed E-state index contributed by atoms with van der Waals surface area (Å²) in [6, 6.07) is 18.3. The average molecular weight is 473 g/mol. The van der Waals surface area contributed by atoms with Gasteiger partial charge in [0.2, 0.25) is 0 Å². The van der Waals surface area contributed by atoms with Crippen molar-refractivity contribution in [3.8, 4) is 11.3 Å². The number of aromatic nitrogens is 4. The van der Waals surface area contributed by atoms with E-state index in [0.717, 1.165) is 16.7 Å². The third-order valence-electron chi connectivity index (χ3n) is 6.24. The van der Waals surface area contributed by atoms with Crippen LogP contribution in [0.15, 0.2) is 88.9 Å². The van der Waals surface area contributed by atoms with Crippen molar-refractivity contribution in [1.82, 2.24) is 18.7 Å². The molecule has 3 aromatic heterocycles. The molecule has 1 N–H and O–H groups in total. The maximum Gasteiger partial charge on any atom is 0.275 e. The van der Waals surface area contributed by atoms with Gasteiger partial charge < -0.3 is 4.57 Å². The lowest BCUT2D eigenvalue weighted by atomic mass is 9.92. The summed E-state index contributed by atoms with van der Waals surface area (Å²) in [5.74, 6) is -0.0642. The molecule has 0 aliphatic heterocycles. The van der Waals surface area contributed by atoms with Gasteiger partial charge >= 0.3 is 0 Å². The van der Waals surface area contributed by atoms with Gasteiger partial charge in [-0.05, 0) is 36.2 Å². The summed E-state index contributed by atoms with van der Waals surface area (Å²) < 4.78 is 30.5. The largest absolute Gasteiger partial charge is 0.316 e. The molecule has 0 aliphatic rings. The third kappa shape index (κ3) is 3.47. The van der Waals surface area contributed by atoms with Crippen molar-refractivity contribution >= 4 is 20.9 Å². The summed E-state index contributed by atoms with van der Waals surface area (Å²) in [7, 11) is -2.43. The molecular formula is C26H24N4O3S. The second-order valence-electron chi connectivity index (χ2n) is 8.49. The molecule has 172 valence electrons. The monoisotopic (exact) mass is 472 g/mol. The van der Waals surface area contributed by atoms with Crippen molar-refractivity contribution in [3.05, 3.63) is 106 Å². The van der Waals surface area contributed by atoms with Crippen LogP contribution >= 0.6 is 0 Å². The zero-order valence-corrected chi connectivity index (χ0v) is 19.9. The minimum atomic E-state index is -4.08. The number of rotatable bonds is 5. The zero-order chi connectivity index (χ0) is 24.0. The van der Waals surface area contributed by atoms with Crippen LogP contribution < -0.4 is 5.56 Å². The van der Waals surface area contributed by atoms with Crippen LogP contribution in [0.3, 0.4) is 0 Å². The molecule has 1 atom stereocenters. The van der Waals surface area contributed by atoms with E-state index in [1.807, 2.05) is 37.3 Å². The molecule has 5 rings (SSSR count). The maximum absolute atomic E-state index is 13.9. The Kier molecular flexibility index (Phi) is 5.25. The number of nitrogens with one attached hydrogen (secondary N) is 1. The van der Waals surface area contributed by atoms with Gasteiger partial charge in [-0.1, -0.05) is 55.0 Å². The van der Waals surface area contributed by atoms with E-state index in [1.165, 1.54) is 8.54 Å². The Hall–Kier alpha value is -3.91. The Morgan fingerprint density at radius 3 is 2.38 bits per heavy atom. The van der Waals surface area contributed by atoms with E-state index in [9.17, 15) is 13.2 Å². The Labute approximate surface area is 197 Å². The summed E-state index contributed by atoms with van der Waals surface area (Å²) in [5, 5.41) is 7.35. The maximum atomic E-state index is 13.9. The van der Waals surface area contributed by atoms with Crippen LogP contribution in [-0.4, -0.2) is 27.2 Å². The number of nitrogens with zero attached hydrogens (tertiary/aromatic N) is 3. The number of hydrogen-bond donors (Lipinski definition) is 1. The van der Waals surface area contributed by atoms with E-state index in [0.29, 0.717) is 16.6 Å². The highest BCUT2D eigenvalue weighted by Gasteiger charge is 2.28. The Bertz CT molecular complexity index is 1650. The predicted molar refractivity (Wildman–Crippen MR) is 132 cm³/mol. The standard InChI is InChI=1S/C26H24N4O3S/c1-17-9-11-21(12-10-17)34(32,33)30-24(20-14-27-28-15-20)13-22-23(16-29(3)26(31)25(22)30)18(2)19-7-5-4-6-8-19/h4-16,18H,1-3H3,(H,27,28). The Morgan fingerprint density at radius 2 is 1.74 bits per heavy atom. The van der Waals surface area contributed by atoms with E-state index in [4.69, 9.17) is 0 Å². The van der Waals surface area contributed by atoms with E-state index >= 15 is 0 Å². The fourth-order valence-corrected chi connectivity index (χ4v) is 5.87. The molecule has 8 heteroatoms. The van der Waals surface area contributed by atoms with Gasteiger partial charge in [0, 0.05) is 36.3 Å². The molecule has 1 unspecified atom stereocenters. The summed E-state index contributed by atoms with van der Waals surface area (Å²) in [4.78, 5) is 13.5. The molecule has 3 heterocycles. The summed E-state index contributed by atoms with van der Waals surface area (Å²) in [5.41, 5.74) is 3.58. The number of fused-ring (bicyclic) bond motifs is 1. The van der Waals surface area contributed by atoms with Crippen LogP contribution in [-0.2, 0) is 17.1 Å². The first kappa shape index (κ1) is 21.9. The molecule has 34 heavy (non-hydrogen) atoms. The molecule has 0 amide bonds. The van der Waals surface area contributed by atoms with Crippen molar-refractivity contribution < 1.29 is 8.42 Å². The van der Waals surface area contributed by atoms with Gasteiger partial charge in [-0.15, -0.1) is 0 Å².